The van der Waals surface area contributed by atoms with Crippen molar-refractivity contribution in [3.05, 3.63) is 71.9 Å². The van der Waals surface area contributed by atoms with E-state index in [2.05, 4.69) is 22.9 Å². The van der Waals surface area contributed by atoms with E-state index < -0.39 is 12.5 Å². The van der Waals surface area contributed by atoms with Gasteiger partial charge in [-0.25, -0.2) is 4.99 Å². The molecule has 0 radical (unpaired) electrons. The predicted octanol–water partition coefficient (Wildman–Crippen LogP) is 5.11. The molecule has 194 valence electrons. The Bertz CT molecular complexity index is 1060. The van der Waals surface area contributed by atoms with Crippen LogP contribution in [0.2, 0.25) is 0 Å². The van der Waals surface area contributed by atoms with Gasteiger partial charge in [-0.3, -0.25) is 10.7 Å². The summed E-state index contributed by atoms with van der Waals surface area (Å²) in [6.45, 7) is 4.28. The second-order valence-electron chi connectivity index (χ2n) is 9.09. The van der Waals surface area contributed by atoms with Crippen molar-refractivity contribution in [3.8, 4) is 0 Å². The lowest BCUT2D eigenvalue weighted by Crippen LogP contribution is -2.24. The highest BCUT2D eigenvalue weighted by atomic mass is 35.5. The molecule has 0 amide bonds. The lowest BCUT2D eigenvalue weighted by molar-refractivity contribution is -0.0805. The van der Waals surface area contributed by atoms with Gasteiger partial charge in [0.15, 0.2) is 6.29 Å². The molecule has 8 heteroatoms. The second kappa shape index (κ2) is 14.3. The summed E-state index contributed by atoms with van der Waals surface area (Å²) in [6, 6.07) is 5.64. The standard InChI is InChI=1S/C28H37ClN4O3/c1-3-20(10-8-16-29)18-30-27(34)22-14-15-23-25(17-22)33-32-24(13-7-9-19(2)28(35)36)26(31-23)21-11-5-4-6-12-21/h3-6,8,10-11,14-15,17,19,21,27-28,30,33-36H,7,9,12-13,16,18H2,1-2H3. The summed E-state index contributed by atoms with van der Waals surface area (Å²) < 4.78 is 0. The van der Waals surface area contributed by atoms with Crippen molar-refractivity contribution in [3.63, 3.8) is 0 Å². The number of aliphatic hydroxyl groups is 3. The molecule has 1 heterocycles. The van der Waals surface area contributed by atoms with Crippen molar-refractivity contribution in [2.75, 3.05) is 17.9 Å². The van der Waals surface area contributed by atoms with Gasteiger partial charge in [0.1, 0.15) is 6.23 Å². The van der Waals surface area contributed by atoms with E-state index >= 15 is 0 Å². The fourth-order valence-corrected chi connectivity index (χ4v) is 4.17. The van der Waals surface area contributed by atoms with Gasteiger partial charge >= 0.3 is 0 Å². The van der Waals surface area contributed by atoms with Crippen LogP contribution in [0.5, 0.6) is 0 Å². The molecule has 1 aliphatic carbocycles. The third-order valence-corrected chi connectivity index (χ3v) is 6.57. The number of aliphatic hydroxyl groups excluding tert-OH is 2. The Morgan fingerprint density at radius 3 is 2.81 bits per heavy atom. The van der Waals surface area contributed by atoms with E-state index in [9.17, 15) is 15.3 Å². The van der Waals surface area contributed by atoms with E-state index in [1.807, 2.05) is 62.4 Å². The van der Waals surface area contributed by atoms with Crippen molar-refractivity contribution in [1.29, 1.82) is 0 Å². The molecule has 3 rings (SSSR count). The van der Waals surface area contributed by atoms with Crippen LogP contribution in [-0.2, 0) is 0 Å². The molecule has 1 aliphatic heterocycles. The van der Waals surface area contributed by atoms with Gasteiger partial charge in [-0.15, -0.1) is 11.6 Å². The Morgan fingerprint density at radius 1 is 1.28 bits per heavy atom. The van der Waals surface area contributed by atoms with Gasteiger partial charge in [-0.05, 0) is 55.9 Å². The lowest BCUT2D eigenvalue weighted by Gasteiger charge is -2.18. The molecule has 2 aliphatic rings. The minimum absolute atomic E-state index is 0.120. The van der Waals surface area contributed by atoms with E-state index in [4.69, 9.17) is 21.7 Å². The summed E-state index contributed by atoms with van der Waals surface area (Å²) >= 11 is 5.73. The van der Waals surface area contributed by atoms with Crippen molar-refractivity contribution >= 4 is 34.4 Å². The molecule has 5 N–H and O–H groups in total. The molecule has 7 nitrogen and oxygen atoms in total. The molecule has 0 bridgehead atoms. The highest BCUT2D eigenvalue weighted by Crippen LogP contribution is 2.32. The number of rotatable bonds is 12. The highest BCUT2D eigenvalue weighted by molar-refractivity contribution is 6.44. The van der Waals surface area contributed by atoms with Crippen LogP contribution >= 0.6 is 11.6 Å². The minimum atomic E-state index is -1.32. The maximum atomic E-state index is 10.7. The van der Waals surface area contributed by atoms with Gasteiger partial charge in [0.25, 0.3) is 0 Å². The Hall–Kier alpha value is -2.55. The van der Waals surface area contributed by atoms with Crippen LogP contribution in [0.25, 0.3) is 0 Å². The van der Waals surface area contributed by atoms with Crippen molar-refractivity contribution in [2.45, 2.75) is 52.0 Å². The summed E-state index contributed by atoms with van der Waals surface area (Å²) in [6.07, 6.45) is 14.9. The minimum Gasteiger partial charge on any atom is -0.374 e. The smallest absolute Gasteiger partial charge is 0.154 e. The van der Waals surface area contributed by atoms with E-state index in [0.29, 0.717) is 30.8 Å². The van der Waals surface area contributed by atoms with Gasteiger partial charge in [-0.1, -0.05) is 55.5 Å². The van der Waals surface area contributed by atoms with Gasteiger partial charge in [-0.2, -0.15) is 5.10 Å². The Balaban J connectivity index is 1.78. The molecule has 0 saturated heterocycles. The maximum absolute atomic E-state index is 10.7. The number of aliphatic imine (C=N–C) groups is 1. The van der Waals surface area contributed by atoms with Crippen LogP contribution in [0.15, 0.2) is 76.4 Å². The van der Waals surface area contributed by atoms with Crippen LogP contribution in [0.4, 0.5) is 11.4 Å². The number of halogens is 1. The topological polar surface area (TPSA) is 109 Å². The Labute approximate surface area is 218 Å². The third-order valence-electron chi connectivity index (χ3n) is 6.39. The van der Waals surface area contributed by atoms with Gasteiger partial charge in [0.05, 0.1) is 22.8 Å². The highest BCUT2D eigenvalue weighted by Gasteiger charge is 2.23. The molecule has 1 aromatic carbocycles. The van der Waals surface area contributed by atoms with E-state index in [-0.39, 0.29) is 11.8 Å². The van der Waals surface area contributed by atoms with Crippen LogP contribution in [0.3, 0.4) is 0 Å². The van der Waals surface area contributed by atoms with Crippen molar-refractivity contribution in [2.24, 2.45) is 21.9 Å². The molecule has 0 aromatic heterocycles. The first-order valence-corrected chi connectivity index (χ1v) is 13.0. The number of fused-ring (bicyclic) bond motifs is 1. The van der Waals surface area contributed by atoms with Gasteiger partial charge in [0, 0.05) is 24.3 Å². The van der Waals surface area contributed by atoms with E-state index in [1.165, 1.54) is 0 Å². The average Bonchev–Trinajstić information content (AvgIpc) is 3.08. The lowest BCUT2D eigenvalue weighted by atomic mass is 9.90. The number of hydrogen-bond donors (Lipinski definition) is 5. The number of nitrogens with zero attached hydrogens (tertiary/aromatic N) is 2. The fourth-order valence-electron chi connectivity index (χ4n) is 4.08. The molecule has 3 atom stereocenters. The summed E-state index contributed by atoms with van der Waals surface area (Å²) in [5.74, 6) is 0.357. The molecule has 3 unspecified atom stereocenters. The first-order chi connectivity index (χ1) is 17.4. The van der Waals surface area contributed by atoms with Crippen molar-refractivity contribution < 1.29 is 15.3 Å². The maximum Gasteiger partial charge on any atom is 0.154 e. The number of nitrogens with one attached hydrogen (secondary N) is 2. The van der Waals surface area contributed by atoms with Gasteiger partial charge < -0.3 is 15.3 Å². The zero-order valence-corrected chi connectivity index (χ0v) is 21.7. The first kappa shape index (κ1) is 28.0. The largest absolute Gasteiger partial charge is 0.374 e. The monoisotopic (exact) mass is 512 g/mol. The fraction of sp³-hybridized carbons (Fsp3) is 0.429. The predicted molar refractivity (Wildman–Crippen MR) is 149 cm³/mol. The number of benzene rings is 1. The van der Waals surface area contributed by atoms with Crippen LogP contribution in [-0.4, -0.2) is 45.5 Å². The molecule has 0 saturated carbocycles. The number of alkyl halides is 1. The SMILES string of the molecule is CC=C(C=CCCl)CNC(O)c1ccc2c(c1)NN=C(CCCC(C)C(O)O)C(C1C=CC=CC1)=N2. The van der Waals surface area contributed by atoms with Crippen LogP contribution in [0, 0.1) is 11.8 Å². The number of hydrazone groups is 1. The number of anilines is 1. The normalized spacial score (nSPS) is 19.5. The van der Waals surface area contributed by atoms with Crippen LogP contribution < -0.4 is 10.7 Å². The number of hydrogen-bond acceptors (Lipinski definition) is 7. The molecule has 0 spiro atoms. The molecule has 36 heavy (non-hydrogen) atoms. The quantitative estimate of drug-likeness (QED) is 0.152. The Kier molecular flexibility index (Phi) is 11.1. The molecular weight excluding hydrogens is 476 g/mol. The molecule has 1 aromatic rings. The summed E-state index contributed by atoms with van der Waals surface area (Å²) in [5.41, 5.74) is 8.16. The molecular formula is C28H37ClN4O3. The average molecular weight is 513 g/mol. The van der Waals surface area contributed by atoms with Gasteiger partial charge in [0.2, 0.25) is 0 Å². The zero-order valence-electron chi connectivity index (χ0n) is 20.9. The van der Waals surface area contributed by atoms with Crippen LogP contribution in [0.1, 0.15) is 51.3 Å². The second-order valence-corrected chi connectivity index (χ2v) is 9.39. The zero-order chi connectivity index (χ0) is 25.9. The Morgan fingerprint density at radius 2 is 2.11 bits per heavy atom. The number of allylic oxidation sites excluding steroid dienone is 6. The summed E-state index contributed by atoms with van der Waals surface area (Å²) in [5, 5.41) is 37.4. The van der Waals surface area contributed by atoms with E-state index in [1.54, 1.807) is 0 Å². The van der Waals surface area contributed by atoms with E-state index in [0.717, 1.165) is 41.2 Å². The summed E-state index contributed by atoms with van der Waals surface area (Å²) in [7, 11) is 0. The first-order valence-electron chi connectivity index (χ1n) is 12.5. The summed E-state index contributed by atoms with van der Waals surface area (Å²) in [4.78, 5) is 5.01. The third kappa shape index (κ3) is 7.98. The van der Waals surface area contributed by atoms with Crippen molar-refractivity contribution in [1.82, 2.24) is 5.32 Å². The molecule has 0 fully saturated rings.